The number of nitrogens with one attached hydrogen (secondary N) is 1. The minimum atomic E-state index is 0.723. The van der Waals surface area contributed by atoms with Gasteiger partial charge in [-0.25, -0.2) is 9.97 Å². The summed E-state index contributed by atoms with van der Waals surface area (Å²) in [5.41, 5.74) is 2.17. The van der Waals surface area contributed by atoms with Crippen LogP contribution in [0, 0.1) is 6.92 Å². The summed E-state index contributed by atoms with van der Waals surface area (Å²) < 4.78 is 0. The van der Waals surface area contributed by atoms with Crippen LogP contribution in [0.15, 0.2) is 23.6 Å². The third-order valence-electron chi connectivity index (χ3n) is 3.02. The third kappa shape index (κ3) is 3.15. The van der Waals surface area contributed by atoms with E-state index in [-0.39, 0.29) is 0 Å². The van der Waals surface area contributed by atoms with Crippen LogP contribution in [0.3, 0.4) is 0 Å². The molecule has 0 radical (unpaired) electrons. The van der Waals surface area contributed by atoms with Crippen LogP contribution >= 0.6 is 11.3 Å². The first-order chi connectivity index (χ1) is 8.79. The van der Waals surface area contributed by atoms with E-state index in [1.807, 2.05) is 6.92 Å². The Kier molecular flexibility index (Phi) is 3.39. The topological polar surface area (TPSA) is 37.8 Å². The summed E-state index contributed by atoms with van der Waals surface area (Å²) in [6, 6.07) is 7.01. The van der Waals surface area contributed by atoms with Crippen molar-refractivity contribution in [3.8, 4) is 0 Å². The molecule has 1 saturated carbocycles. The summed E-state index contributed by atoms with van der Waals surface area (Å²) in [7, 11) is 0. The number of thiophene rings is 1. The van der Waals surface area contributed by atoms with Crippen molar-refractivity contribution in [3.05, 3.63) is 45.7 Å². The standard InChI is InChI=1S/C14H17N3S/c1-10-7-12(9-15-11-4-5-11)17-14(16-10)8-13-3-2-6-18-13/h2-3,6-7,11,15H,4-5,8-9H2,1H3. The highest BCUT2D eigenvalue weighted by Crippen LogP contribution is 2.19. The van der Waals surface area contributed by atoms with Gasteiger partial charge in [0, 0.05) is 29.6 Å². The summed E-state index contributed by atoms with van der Waals surface area (Å²) in [5, 5.41) is 5.60. The molecule has 0 amide bonds. The summed E-state index contributed by atoms with van der Waals surface area (Å²) in [5.74, 6) is 0.935. The Morgan fingerprint density at radius 3 is 3.00 bits per heavy atom. The molecule has 1 aliphatic rings. The number of aryl methyl sites for hydroxylation is 1. The van der Waals surface area contributed by atoms with Crippen LogP contribution in [-0.4, -0.2) is 16.0 Å². The maximum atomic E-state index is 4.64. The van der Waals surface area contributed by atoms with Crippen molar-refractivity contribution in [3.63, 3.8) is 0 Å². The molecule has 1 aliphatic carbocycles. The van der Waals surface area contributed by atoms with Crippen molar-refractivity contribution in [1.29, 1.82) is 0 Å². The van der Waals surface area contributed by atoms with Crippen molar-refractivity contribution in [1.82, 2.24) is 15.3 Å². The molecule has 2 aromatic rings. The fourth-order valence-corrected chi connectivity index (χ4v) is 2.68. The SMILES string of the molecule is Cc1cc(CNC2CC2)nc(Cc2cccs2)n1. The van der Waals surface area contributed by atoms with Crippen molar-refractivity contribution in [2.75, 3.05) is 0 Å². The Bertz CT molecular complexity index is 518. The van der Waals surface area contributed by atoms with Gasteiger partial charge >= 0.3 is 0 Å². The van der Waals surface area contributed by atoms with Gasteiger partial charge in [-0.1, -0.05) is 6.07 Å². The smallest absolute Gasteiger partial charge is 0.134 e. The zero-order chi connectivity index (χ0) is 12.4. The van der Waals surface area contributed by atoms with Crippen LogP contribution in [0.25, 0.3) is 0 Å². The minimum absolute atomic E-state index is 0.723. The fraction of sp³-hybridized carbons (Fsp3) is 0.429. The van der Waals surface area contributed by atoms with E-state index in [4.69, 9.17) is 0 Å². The van der Waals surface area contributed by atoms with Gasteiger partial charge in [0.2, 0.25) is 0 Å². The predicted molar refractivity (Wildman–Crippen MR) is 73.8 cm³/mol. The predicted octanol–water partition coefficient (Wildman–Crippen LogP) is 2.69. The molecule has 2 heterocycles. The van der Waals surface area contributed by atoms with Crippen LogP contribution in [0.4, 0.5) is 0 Å². The lowest BCUT2D eigenvalue weighted by atomic mass is 10.3. The van der Waals surface area contributed by atoms with Gasteiger partial charge in [0.25, 0.3) is 0 Å². The monoisotopic (exact) mass is 259 g/mol. The van der Waals surface area contributed by atoms with Gasteiger partial charge in [0.1, 0.15) is 5.82 Å². The summed E-state index contributed by atoms with van der Waals surface area (Å²) >= 11 is 1.76. The molecule has 2 aromatic heterocycles. The highest BCUT2D eigenvalue weighted by Gasteiger charge is 2.20. The van der Waals surface area contributed by atoms with Gasteiger partial charge in [-0.2, -0.15) is 0 Å². The van der Waals surface area contributed by atoms with Crippen LogP contribution in [0.5, 0.6) is 0 Å². The van der Waals surface area contributed by atoms with E-state index in [0.29, 0.717) is 0 Å². The van der Waals surface area contributed by atoms with E-state index in [0.717, 1.165) is 36.2 Å². The van der Waals surface area contributed by atoms with Gasteiger partial charge in [0.05, 0.1) is 5.69 Å². The molecule has 0 aromatic carbocycles. The zero-order valence-corrected chi connectivity index (χ0v) is 11.3. The lowest BCUT2D eigenvalue weighted by Gasteiger charge is -2.06. The largest absolute Gasteiger partial charge is 0.308 e. The number of hydrogen-bond donors (Lipinski definition) is 1. The average Bonchev–Trinajstić information content (AvgIpc) is 3.04. The van der Waals surface area contributed by atoms with E-state index in [1.54, 1.807) is 11.3 Å². The van der Waals surface area contributed by atoms with Crippen molar-refractivity contribution in [2.24, 2.45) is 0 Å². The van der Waals surface area contributed by atoms with Crippen LogP contribution in [0.1, 0.15) is 34.9 Å². The van der Waals surface area contributed by atoms with Gasteiger partial charge in [-0.05, 0) is 37.3 Å². The summed E-state index contributed by atoms with van der Waals surface area (Å²) in [4.78, 5) is 10.5. The Morgan fingerprint density at radius 2 is 2.28 bits per heavy atom. The van der Waals surface area contributed by atoms with Gasteiger partial charge in [-0.15, -0.1) is 11.3 Å². The molecule has 18 heavy (non-hydrogen) atoms. The molecule has 1 N–H and O–H groups in total. The van der Waals surface area contributed by atoms with Crippen molar-refractivity contribution in [2.45, 2.75) is 38.8 Å². The molecule has 0 atom stereocenters. The molecule has 3 nitrogen and oxygen atoms in total. The molecule has 0 aliphatic heterocycles. The molecule has 3 rings (SSSR count). The molecule has 4 heteroatoms. The van der Waals surface area contributed by atoms with E-state index in [1.165, 1.54) is 17.7 Å². The number of nitrogens with zero attached hydrogens (tertiary/aromatic N) is 2. The molecule has 0 spiro atoms. The number of aromatic nitrogens is 2. The second-order valence-electron chi connectivity index (χ2n) is 4.83. The van der Waals surface area contributed by atoms with E-state index >= 15 is 0 Å². The van der Waals surface area contributed by atoms with E-state index in [2.05, 4.69) is 38.9 Å². The van der Waals surface area contributed by atoms with Gasteiger partial charge in [-0.3, -0.25) is 0 Å². The average molecular weight is 259 g/mol. The summed E-state index contributed by atoms with van der Waals surface area (Å²) in [6.45, 7) is 2.91. The van der Waals surface area contributed by atoms with Crippen LogP contribution in [0.2, 0.25) is 0 Å². The first-order valence-electron chi connectivity index (χ1n) is 6.39. The second-order valence-corrected chi connectivity index (χ2v) is 5.86. The molecule has 1 fully saturated rings. The first-order valence-corrected chi connectivity index (χ1v) is 7.27. The molecule has 0 saturated heterocycles. The van der Waals surface area contributed by atoms with Crippen LogP contribution < -0.4 is 5.32 Å². The highest BCUT2D eigenvalue weighted by molar-refractivity contribution is 7.09. The number of rotatable bonds is 5. The fourth-order valence-electron chi connectivity index (χ4n) is 1.97. The minimum Gasteiger partial charge on any atom is -0.308 e. The van der Waals surface area contributed by atoms with Crippen molar-refractivity contribution >= 4 is 11.3 Å². The first kappa shape index (κ1) is 11.8. The highest BCUT2D eigenvalue weighted by atomic mass is 32.1. The maximum Gasteiger partial charge on any atom is 0.134 e. The van der Waals surface area contributed by atoms with Gasteiger partial charge < -0.3 is 5.32 Å². The second kappa shape index (κ2) is 5.16. The normalized spacial score (nSPS) is 14.9. The Morgan fingerprint density at radius 1 is 1.39 bits per heavy atom. The molecule has 0 bridgehead atoms. The quantitative estimate of drug-likeness (QED) is 0.897. The van der Waals surface area contributed by atoms with Crippen LogP contribution in [-0.2, 0) is 13.0 Å². The van der Waals surface area contributed by atoms with Gasteiger partial charge in [0.15, 0.2) is 0 Å². The molecular formula is C14H17N3S. The lowest BCUT2D eigenvalue weighted by molar-refractivity contribution is 0.667. The maximum absolute atomic E-state index is 4.64. The molecule has 94 valence electrons. The van der Waals surface area contributed by atoms with E-state index < -0.39 is 0 Å². The Labute approximate surface area is 111 Å². The van der Waals surface area contributed by atoms with E-state index in [9.17, 15) is 0 Å². The molecule has 0 unspecified atom stereocenters. The Hall–Kier alpha value is -1.26. The molecular weight excluding hydrogens is 242 g/mol. The third-order valence-corrected chi connectivity index (χ3v) is 3.89. The van der Waals surface area contributed by atoms with Crippen molar-refractivity contribution < 1.29 is 0 Å². The number of hydrogen-bond acceptors (Lipinski definition) is 4. The lowest BCUT2D eigenvalue weighted by Crippen LogP contribution is -2.17. The summed E-state index contributed by atoms with van der Waals surface area (Å²) in [6.07, 6.45) is 3.47. The Balaban J connectivity index is 1.72. The zero-order valence-electron chi connectivity index (χ0n) is 10.5.